The molecule has 0 amide bonds. The first-order valence-electron chi connectivity index (χ1n) is 8.90. The van der Waals surface area contributed by atoms with Gasteiger partial charge in [0.1, 0.15) is 0 Å². The van der Waals surface area contributed by atoms with Crippen LogP contribution in [0, 0.1) is 6.92 Å². The normalized spacial score (nSPS) is 11.3. The van der Waals surface area contributed by atoms with E-state index in [-0.39, 0.29) is 4.90 Å². The molecule has 0 aliphatic heterocycles. The summed E-state index contributed by atoms with van der Waals surface area (Å²) in [6.07, 6.45) is 3.44. The van der Waals surface area contributed by atoms with E-state index in [4.69, 9.17) is 11.6 Å². The quantitative estimate of drug-likeness (QED) is 0.466. The fourth-order valence-electron chi connectivity index (χ4n) is 2.76. The molecular formula is C20H17ClN6O2S. The summed E-state index contributed by atoms with van der Waals surface area (Å²) >= 11 is 5.95. The Labute approximate surface area is 178 Å². The van der Waals surface area contributed by atoms with Gasteiger partial charge in [0.25, 0.3) is 10.0 Å². The highest BCUT2D eigenvalue weighted by Gasteiger charge is 2.17. The summed E-state index contributed by atoms with van der Waals surface area (Å²) in [5.41, 5.74) is 1.78. The Morgan fingerprint density at radius 2 is 1.73 bits per heavy atom. The lowest BCUT2D eigenvalue weighted by Crippen LogP contribution is -2.14. The number of aryl methyl sites for hydroxylation is 1. The molecule has 0 saturated heterocycles. The third-order valence-corrected chi connectivity index (χ3v) is 6.00. The first kappa shape index (κ1) is 19.9. The predicted molar refractivity (Wildman–Crippen MR) is 116 cm³/mol. The molecule has 0 saturated carbocycles. The molecule has 0 radical (unpaired) electrons. The van der Waals surface area contributed by atoms with Crippen molar-refractivity contribution in [3.63, 3.8) is 0 Å². The molecule has 0 spiro atoms. The van der Waals surface area contributed by atoms with Crippen molar-refractivity contribution in [2.75, 3.05) is 10.0 Å². The number of nitrogens with zero attached hydrogens (tertiary/aromatic N) is 4. The summed E-state index contributed by atoms with van der Waals surface area (Å²) in [5.74, 6) is 1.15. The molecule has 0 atom stereocenters. The maximum Gasteiger partial charge on any atom is 0.262 e. The lowest BCUT2D eigenvalue weighted by molar-refractivity contribution is 0.600. The Bertz CT molecular complexity index is 1260. The van der Waals surface area contributed by atoms with Gasteiger partial charge in [-0.15, -0.1) is 10.2 Å². The molecule has 0 bridgehead atoms. The maximum atomic E-state index is 12.7. The number of halogens is 1. The standard InChI is InChI=1S/C20H17ClN6O2S/c1-14-3-4-15(21)13-18(14)30(28,29)26-17-7-5-16(6-8-17)23-19-9-10-20(25-24-19)27-12-2-11-22-27/h2-13,26H,1H3,(H,23,24). The van der Waals surface area contributed by atoms with Gasteiger partial charge < -0.3 is 5.32 Å². The van der Waals surface area contributed by atoms with E-state index in [0.717, 1.165) is 5.69 Å². The minimum absolute atomic E-state index is 0.143. The zero-order valence-corrected chi connectivity index (χ0v) is 17.4. The van der Waals surface area contributed by atoms with Crippen molar-refractivity contribution in [2.24, 2.45) is 0 Å². The number of benzene rings is 2. The highest BCUT2D eigenvalue weighted by molar-refractivity contribution is 7.92. The molecule has 2 N–H and O–H groups in total. The van der Waals surface area contributed by atoms with Gasteiger partial charge in [-0.3, -0.25) is 4.72 Å². The molecule has 8 nitrogen and oxygen atoms in total. The van der Waals surface area contributed by atoms with Crippen molar-refractivity contribution in [1.82, 2.24) is 20.0 Å². The van der Waals surface area contributed by atoms with Gasteiger partial charge in [-0.2, -0.15) is 5.10 Å². The second-order valence-corrected chi connectivity index (χ2v) is 8.53. The number of aromatic nitrogens is 4. The Kier molecular flexibility index (Phi) is 5.39. The summed E-state index contributed by atoms with van der Waals surface area (Å²) < 4.78 is 29.5. The number of nitrogens with one attached hydrogen (secondary N) is 2. The summed E-state index contributed by atoms with van der Waals surface area (Å²) in [7, 11) is -3.75. The average molecular weight is 441 g/mol. The number of hydrogen-bond acceptors (Lipinski definition) is 6. The first-order chi connectivity index (χ1) is 14.4. The third kappa shape index (κ3) is 4.42. The van der Waals surface area contributed by atoms with Gasteiger partial charge in [0.2, 0.25) is 0 Å². The van der Waals surface area contributed by atoms with E-state index >= 15 is 0 Å². The highest BCUT2D eigenvalue weighted by atomic mass is 35.5. The molecule has 2 heterocycles. The van der Waals surface area contributed by atoms with Gasteiger partial charge in [0.15, 0.2) is 11.6 Å². The van der Waals surface area contributed by atoms with Crippen LogP contribution in [0.2, 0.25) is 5.02 Å². The number of anilines is 3. The van der Waals surface area contributed by atoms with Gasteiger partial charge >= 0.3 is 0 Å². The van der Waals surface area contributed by atoms with E-state index in [1.807, 2.05) is 0 Å². The maximum absolute atomic E-state index is 12.7. The minimum atomic E-state index is -3.75. The molecular weight excluding hydrogens is 424 g/mol. The number of hydrogen-bond donors (Lipinski definition) is 2. The molecule has 10 heteroatoms. The van der Waals surface area contributed by atoms with Crippen LogP contribution in [0.4, 0.5) is 17.2 Å². The zero-order valence-electron chi connectivity index (χ0n) is 15.8. The van der Waals surface area contributed by atoms with Crippen LogP contribution in [0.5, 0.6) is 0 Å². The van der Waals surface area contributed by atoms with Crippen LogP contribution in [-0.2, 0) is 10.0 Å². The van der Waals surface area contributed by atoms with E-state index < -0.39 is 10.0 Å². The van der Waals surface area contributed by atoms with Crippen molar-refractivity contribution < 1.29 is 8.42 Å². The third-order valence-electron chi connectivity index (χ3n) is 4.24. The highest BCUT2D eigenvalue weighted by Crippen LogP contribution is 2.24. The Balaban J connectivity index is 1.46. The second-order valence-electron chi connectivity index (χ2n) is 6.45. The molecule has 0 fully saturated rings. The monoisotopic (exact) mass is 440 g/mol. The lowest BCUT2D eigenvalue weighted by atomic mass is 10.2. The van der Waals surface area contributed by atoms with Gasteiger partial charge in [-0.1, -0.05) is 17.7 Å². The fraction of sp³-hybridized carbons (Fsp3) is 0.0500. The van der Waals surface area contributed by atoms with E-state index in [1.165, 1.54) is 6.07 Å². The van der Waals surface area contributed by atoms with Crippen LogP contribution in [0.15, 0.2) is 78.0 Å². The molecule has 152 valence electrons. The minimum Gasteiger partial charge on any atom is -0.339 e. The Morgan fingerprint density at radius 1 is 0.967 bits per heavy atom. The largest absolute Gasteiger partial charge is 0.339 e. The Morgan fingerprint density at radius 3 is 2.40 bits per heavy atom. The van der Waals surface area contributed by atoms with Gasteiger partial charge in [-0.25, -0.2) is 13.1 Å². The van der Waals surface area contributed by atoms with Crippen LogP contribution in [0.25, 0.3) is 5.82 Å². The van der Waals surface area contributed by atoms with Crippen LogP contribution >= 0.6 is 11.6 Å². The van der Waals surface area contributed by atoms with Crippen molar-refractivity contribution >= 4 is 38.8 Å². The van der Waals surface area contributed by atoms with Gasteiger partial charge in [0.05, 0.1) is 4.90 Å². The molecule has 30 heavy (non-hydrogen) atoms. The SMILES string of the molecule is Cc1ccc(Cl)cc1S(=O)(=O)Nc1ccc(Nc2ccc(-n3cccn3)nn2)cc1. The average Bonchev–Trinajstić information content (AvgIpc) is 3.26. The van der Waals surface area contributed by atoms with E-state index in [1.54, 1.807) is 78.6 Å². The zero-order chi connectivity index (χ0) is 21.1. The number of rotatable bonds is 6. The Hall–Kier alpha value is -3.43. The van der Waals surface area contributed by atoms with E-state index in [0.29, 0.717) is 27.9 Å². The van der Waals surface area contributed by atoms with Gasteiger partial charge in [-0.05, 0) is 67.1 Å². The number of sulfonamides is 1. The van der Waals surface area contributed by atoms with Crippen LogP contribution in [0.1, 0.15) is 5.56 Å². The van der Waals surface area contributed by atoms with Crippen molar-refractivity contribution in [1.29, 1.82) is 0 Å². The van der Waals surface area contributed by atoms with Crippen molar-refractivity contribution in [2.45, 2.75) is 11.8 Å². The van der Waals surface area contributed by atoms with Gasteiger partial charge in [0, 0.05) is 28.8 Å². The predicted octanol–water partition coefficient (Wildman–Crippen LogP) is 4.17. The molecule has 4 aromatic rings. The molecule has 2 aromatic heterocycles. The molecule has 0 aliphatic carbocycles. The molecule has 0 aliphatic rings. The molecule has 2 aromatic carbocycles. The van der Waals surface area contributed by atoms with Crippen molar-refractivity contribution in [3.8, 4) is 5.82 Å². The molecule has 0 unspecified atom stereocenters. The molecule has 4 rings (SSSR count). The smallest absolute Gasteiger partial charge is 0.262 e. The van der Waals surface area contributed by atoms with Crippen molar-refractivity contribution in [3.05, 3.63) is 83.6 Å². The van der Waals surface area contributed by atoms with Crippen LogP contribution < -0.4 is 10.0 Å². The lowest BCUT2D eigenvalue weighted by Gasteiger charge is -2.12. The van der Waals surface area contributed by atoms with Crippen LogP contribution in [0.3, 0.4) is 0 Å². The summed E-state index contributed by atoms with van der Waals surface area (Å²) in [4.78, 5) is 0.143. The summed E-state index contributed by atoms with van der Waals surface area (Å²) in [6, 6.07) is 16.9. The van der Waals surface area contributed by atoms with E-state index in [9.17, 15) is 8.42 Å². The summed E-state index contributed by atoms with van der Waals surface area (Å²) in [6.45, 7) is 1.72. The topological polar surface area (TPSA) is 102 Å². The second kappa shape index (κ2) is 8.13. The van der Waals surface area contributed by atoms with E-state index in [2.05, 4.69) is 25.3 Å². The first-order valence-corrected chi connectivity index (χ1v) is 10.8. The summed E-state index contributed by atoms with van der Waals surface area (Å²) in [5, 5.41) is 15.8. The van der Waals surface area contributed by atoms with Crippen LogP contribution in [-0.4, -0.2) is 28.4 Å². The fourth-order valence-corrected chi connectivity index (χ4v) is 4.33.